The second-order valence-corrected chi connectivity index (χ2v) is 2.83. The zero-order valence-electron chi connectivity index (χ0n) is 6.08. The van der Waals surface area contributed by atoms with E-state index >= 15 is 0 Å². The third-order valence-corrected chi connectivity index (χ3v) is 1.94. The van der Waals surface area contributed by atoms with Gasteiger partial charge in [0.05, 0.1) is 12.5 Å². The molecule has 0 amide bonds. The Hall–Kier alpha value is -1.30. The summed E-state index contributed by atoms with van der Waals surface area (Å²) in [7, 11) is 0. The average molecular weight is 148 g/mol. The van der Waals surface area contributed by atoms with Crippen molar-refractivity contribution in [3.05, 3.63) is 17.5 Å². The van der Waals surface area contributed by atoms with Gasteiger partial charge in [-0.25, -0.2) is 0 Å². The SMILES string of the molecule is N#CCc1nocc1C1CC1. The third-order valence-electron chi connectivity index (χ3n) is 1.94. The first-order chi connectivity index (χ1) is 5.42. The van der Waals surface area contributed by atoms with Crippen LogP contribution in [0.2, 0.25) is 0 Å². The van der Waals surface area contributed by atoms with Gasteiger partial charge in [-0.1, -0.05) is 5.16 Å². The minimum atomic E-state index is 0.377. The van der Waals surface area contributed by atoms with Crippen LogP contribution in [0.15, 0.2) is 10.8 Å². The molecule has 0 atom stereocenters. The number of hydrogen-bond acceptors (Lipinski definition) is 3. The molecule has 1 fully saturated rings. The largest absolute Gasteiger partial charge is 0.364 e. The Morgan fingerprint density at radius 1 is 1.73 bits per heavy atom. The average Bonchev–Trinajstić information content (AvgIpc) is 2.75. The van der Waals surface area contributed by atoms with Gasteiger partial charge in [-0.2, -0.15) is 5.26 Å². The van der Waals surface area contributed by atoms with E-state index in [1.165, 1.54) is 12.8 Å². The van der Waals surface area contributed by atoms with E-state index in [1.54, 1.807) is 6.26 Å². The summed E-state index contributed by atoms with van der Waals surface area (Å²) in [4.78, 5) is 0. The Balaban J connectivity index is 2.24. The van der Waals surface area contributed by atoms with Gasteiger partial charge < -0.3 is 4.52 Å². The van der Waals surface area contributed by atoms with Crippen molar-refractivity contribution in [1.82, 2.24) is 5.16 Å². The molecule has 0 aliphatic heterocycles. The molecule has 3 heteroatoms. The van der Waals surface area contributed by atoms with E-state index in [2.05, 4.69) is 11.2 Å². The van der Waals surface area contributed by atoms with Crippen LogP contribution in [0.1, 0.15) is 30.0 Å². The first kappa shape index (κ1) is 6.41. The maximum absolute atomic E-state index is 8.43. The summed E-state index contributed by atoms with van der Waals surface area (Å²) in [5.74, 6) is 0.629. The highest BCUT2D eigenvalue weighted by Crippen LogP contribution is 2.41. The molecule has 1 aliphatic carbocycles. The van der Waals surface area contributed by atoms with Gasteiger partial charge in [0, 0.05) is 5.56 Å². The molecule has 3 nitrogen and oxygen atoms in total. The summed E-state index contributed by atoms with van der Waals surface area (Å²) in [6.45, 7) is 0. The van der Waals surface area contributed by atoms with Crippen LogP contribution < -0.4 is 0 Å². The summed E-state index contributed by atoms with van der Waals surface area (Å²) in [6, 6.07) is 2.07. The topological polar surface area (TPSA) is 49.8 Å². The van der Waals surface area contributed by atoms with Crippen molar-refractivity contribution in [3.8, 4) is 6.07 Å². The lowest BCUT2D eigenvalue weighted by Crippen LogP contribution is -1.86. The van der Waals surface area contributed by atoms with Gasteiger partial charge in [0.25, 0.3) is 0 Å². The van der Waals surface area contributed by atoms with Crippen LogP contribution in [0.5, 0.6) is 0 Å². The van der Waals surface area contributed by atoms with Crippen molar-refractivity contribution >= 4 is 0 Å². The Morgan fingerprint density at radius 2 is 2.55 bits per heavy atom. The Bertz CT molecular complexity index is 293. The fourth-order valence-electron chi connectivity index (χ4n) is 1.20. The zero-order valence-corrected chi connectivity index (χ0v) is 6.08. The van der Waals surface area contributed by atoms with Gasteiger partial charge >= 0.3 is 0 Å². The molecular formula is C8H8N2O. The molecule has 0 radical (unpaired) electrons. The lowest BCUT2D eigenvalue weighted by molar-refractivity contribution is 0.413. The zero-order chi connectivity index (χ0) is 7.68. The molecule has 1 aromatic rings. The molecule has 0 unspecified atom stereocenters. The van der Waals surface area contributed by atoms with Gasteiger partial charge in [-0.15, -0.1) is 0 Å². The van der Waals surface area contributed by atoms with Crippen molar-refractivity contribution in [2.45, 2.75) is 25.2 Å². The quantitative estimate of drug-likeness (QED) is 0.640. The highest BCUT2D eigenvalue weighted by molar-refractivity contribution is 5.26. The predicted octanol–water partition coefficient (Wildman–Crippen LogP) is 1.62. The fourth-order valence-corrected chi connectivity index (χ4v) is 1.20. The van der Waals surface area contributed by atoms with Crippen LogP contribution in [0.4, 0.5) is 0 Å². The minimum Gasteiger partial charge on any atom is -0.364 e. The molecule has 11 heavy (non-hydrogen) atoms. The summed E-state index contributed by atoms with van der Waals surface area (Å²) >= 11 is 0. The second kappa shape index (κ2) is 2.39. The first-order valence-corrected chi connectivity index (χ1v) is 3.72. The standard InChI is InChI=1S/C8H8N2O/c9-4-3-8-7(5-11-10-8)6-1-2-6/h5-6H,1-3H2. The maximum Gasteiger partial charge on any atom is 0.127 e. The van der Waals surface area contributed by atoms with Crippen LogP contribution in [-0.2, 0) is 6.42 Å². The van der Waals surface area contributed by atoms with Crippen molar-refractivity contribution in [2.24, 2.45) is 0 Å². The Morgan fingerprint density at radius 3 is 3.18 bits per heavy atom. The van der Waals surface area contributed by atoms with Crippen LogP contribution in [-0.4, -0.2) is 5.16 Å². The molecule has 0 spiro atoms. The number of rotatable bonds is 2. The summed E-state index contributed by atoms with van der Waals surface area (Å²) < 4.78 is 4.80. The molecular weight excluding hydrogens is 140 g/mol. The predicted molar refractivity (Wildman–Crippen MR) is 37.8 cm³/mol. The lowest BCUT2D eigenvalue weighted by atomic mass is 10.1. The van der Waals surface area contributed by atoms with Crippen molar-refractivity contribution in [3.63, 3.8) is 0 Å². The van der Waals surface area contributed by atoms with E-state index in [4.69, 9.17) is 9.78 Å². The smallest absolute Gasteiger partial charge is 0.127 e. The van der Waals surface area contributed by atoms with Gasteiger partial charge in [0.1, 0.15) is 12.0 Å². The maximum atomic E-state index is 8.43. The molecule has 2 rings (SSSR count). The van der Waals surface area contributed by atoms with Gasteiger partial charge in [-0.05, 0) is 18.8 Å². The van der Waals surface area contributed by atoms with E-state index in [-0.39, 0.29) is 0 Å². The lowest BCUT2D eigenvalue weighted by Gasteiger charge is -1.89. The molecule has 56 valence electrons. The summed E-state index contributed by atoms with van der Waals surface area (Å²) in [6.07, 6.45) is 4.49. The molecule has 1 saturated carbocycles. The van der Waals surface area contributed by atoms with E-state index in [0.717, 1.165) is 11.3 Å². The van der Waals surface area contributed by atoms with Crippen molar-refractivity contribution in [1.29, 1.82) is 5.26 Å². The van der Waals surface area contributed by atoms with Crippen molar-refractivity contribution < 1.29 is 4.52 Å². The molecule has 0 aromatic carbocycles. The molecule has 0 N–H and O–H groups in total. The number of aromatic nitrogens is 1. The highest BCUT2D eigenvalue weighted by atomic mass is 16.5. The van der Waals surface area contributed by atoms with E-state index < -0.39 is 0 Å². The van der Waals surface area contributed by atoms with Gasteiger partial charge in [0.2, 0.25) is 0 Å². The first-order valence-electron chi connectivity index (χ1n) is 3.72. The number of hydrogen-bond donors (Lipinski definition) is 0. The van der Waals surface area contributed by atoms with Gasteiger partial charge in [0.15, 0.2) is 0 Å². The third kappa shape index (κ3) is 1.12. The molecule has 1 aromatic heterocycles. The summed E-state index contributed by atoms with van der Waals surface area (Å²) in [5.41, 5.74) is 1.97. The van der Waals surface area contributed by atoms with Gasteiger partial charge in [-0.3, -0.25) is 0 Å². The normalized spacial score (nSPS) is 16.3. The Labute approximate surface area is 64.6 Å². The number of nitrogens with zero attached hydrogens (tertiary/aromatic N) is 2. The molecule has 1 aliphatic rings. The highest BCUT2D eigenvalue weighted by Gasteiger charge is 2.28. The van der Waals surface area contributed by atoms with E-state index in [1.807, 2.05) is 0 Å². The van der Waals surface area contributed by atoms with Crippen LogP contribution >= 0.6 is 0 Å². The molecule has 0 saturated heterocycles. The van der Waals surface area contributed by atoms with Crippen LogP contribution in [0, 0.1) is 11.3 Å². The minimum absolute atomic E-state index is 0.377. The summed E-state index contributed by atoms with van der Waals surface area (Å²) in [5, 5.41) is 12.2. The Kier molecular flexibility index (Phi) is 1.39. The molecule has 0 bridgehead atoms. The van der Waals surface area contributed by atoms with Crippen LogP contribution in [0.3, 0.4) is 0 Å². The van der Waals surface area contributed by atoms with Crippen molar-refractivity contribution in [2.75, 3.05) is 0 Å². The monoisotopic (exact) mass is 148 g/mol. The van der Waals surface area contributed by atoms with E-state index in [0.29, 0.717) is 12.3 Å². The van der Waals surface area contributed by atoms with Crippen LogP contribution in [0.25, 0.3) is 0 Å². The fraction of sp³-hybridized carbons (Fsp3) is 0.500. The second-order valence-electron chi connectivity index (χ2n) is 2.83. The van der Waals surface area contributed by atoms with E-state index in [9.17, 15) is 0 Å². The number of nitriles is 1. The molecule has 1 heterocycles.